The van der Waals surface area contributed by atoms with E-state index in [0.717, 1.165) is 23.4 Å². The molecule has 0 aliphatic rings. The highest BCUT2D eigenvalue weighted by Crippen LogP contribution is 2.27. The molecular formula is C21H16F3N5O4. The van der Waals surface area contributed by atoms with Gasteiger partial charge in [0.15, 0.2) is 5.69 Å². The number of ether oxygens (including phenoxy) is 1. The summed E-state index contributed by atoms with van der Waals surface area (Å²) in [5, 5.41) is 19.4. The third-order valence-electron chi connectivity index (χ3n) is 4.51. The van der Waals surface area contributed by atoms with Crippen molar-refractivity contribution in [3.63, 3.8) is 0 Å². The molecule has 4 aromatic rings. The molecule has 2 aromatic carbocycles. The Hall–Kier alpha value is -4.35. The highest BCUT2D eigenvalue weighted by atomic mass is 19.4. The molecule has 4 rings (SSSR count). The van der Waals surface area contributed by atoms with Crippen LogP contribution < -0.4 is 10.1 Å². The molecule has 0 spiro atoms. The number of hydrogen-bond acceptors (Lipinski definition) is 6. The zero-order valence-electron chi connectivity index (χ0n) is 17.0. The maximum Gasteiger partial charge on any atom is 0.573 e. The van der Waals surface area contributed by atoms with Gasteiger partial charge in [0.2, 0.25) is 5.82 Å². The van der Waals surface area contributed by atoms with E-state index >= 15 is 0 Å². The summed E-state index contributed by atoms with van der Waals surface area (Å²) in [5.41, 5.74) is 3.07. The highest BCUT2D eigenvalue weighted by molar-refractivity contribution is 5.82. The number of amides is 1. The SMILES string of the molecule is Cc1cc(-c2nc(-c3ccc(OC(F)(F)F)cc3)no2)nn1Cc1ccc(NC(=O)O)cc1. The zero-order valence-corrected chi connectivity index (χ0v) is 17.0. The minimum Gasteiger partial charge on any atom is -0.465 e. The van der Waals surface area contributed by atoms with Crippen LogP contribution in [-0.2, 0) is 6.54 Å². The van der Waals surface area contributed by atoms with Gasteiger partial charge < -0.3 is 14.4 Å². The number of nitrogens with zero attached hydrogens (tertiary/aromatic N) is 4. The average Bonchev–Trinajstić information content (AvgIpc) is 3.36. The zero-order chi connectivity index (χ0) is 23.6. The van der Waals surface area contributed by atoms with Gasteiger partial charge in [-0.05, 0) is 55.0 Å². The van der Waals surface area contributed by atoms with Crippen LogP contribution in [0.25, 0.3) is 23.0 Å². The molecule has 1 amide bonds. The van der Waals surface area contributed by atoms with E-state index in [2.05, 4.69) is 25.3 Å². The summed E-state index contributed by atoms with van der Waals surface area (Å²) in [6.45, 7) is 2.29. The number of carbonyl (C=O) groups is 1. The summed E-state index contributed by atoms with van der Waals surface area (Å²) >= 11 is 0. The topological polar surface area (TPSA) is 115 Å². The van der Waals surface area contributed by atoms with E-state index in [1.807, 2.05) is 6.92 Å². The largest absolute Gasteiger partial charge is 0.573 e. The number of anilines is 1. The van der Waals surface area contributed by atoms with E-state index in [1.54, 1.807) is 35.0 Å². The molecule has 0 atom stereocenters. The van der Waals surface area contributed by atoms with Gasteiger partial charge in [-0.15, -0.1) is 13.2 Å². The van der Waals surface area contributed by atoms with Gasteiger partial charge in [-0.3, -0.25) is 10.00 Å². The summed E-state index contributed by atoms with van der Waals surface area (Å²) in [6.07, 6.45) is -5.91. The summed E-state index contributed by atoms with van der Waals surface area (Å²) < 4.78 is 47.7. The Balaban J connectivity index is 1.48. The molecule has 12 heteroatoms. The van der Waals surface area contributed by atoms with E-state index in [9.17, 15) is 18.0 Å². The fourth-order valence-electron chi connectivity index (χ4n) is 3.02. The van der Waals surface area contributed by atoms with Crippen molar-refractivity contribution in [2.24, 2.45) is 0 Å². The summed E-state index contributed by atoms with van der Waals surface area (Å²) in [7, 11) is 0. The normalized spacial score (nSPS) is 11.4. The standard InChI is InChI=1S/C21H16F3N5O4/c1-12-10-17(27-29(12)11-13-2-6-15(7-3-13)25-20(30)31)19-26-18(28-33-19)14-4-8-16(9-5-14)32-21(22,23)24/h2-10,25H,11H2,1H3,(H,30,31). The lowest BCUT2D eigenvalue weighted by molar-refractivity contribution is -0.274. The van der Waals surface area contributed by atoms with Crippen molar-refractivity contribution in [2.75, 3.05) is 5.32 Å². The minimum atomic E-state index is -4.77. The van der Waals surface area contributed by atoms with Crippen molar-refractivity contribution in [3.05, 3.63) is 65.9 Å². The molecule has 170 valence electrons. The van der Waals surface area contributed by atoms with Gasteiger partial charge in [0.05, 0.1) is 6.54 Å². The molecule has 0 radical (unpaired) electrons. The molecule has 2 heterocycles. The maximum atomic E-state index is 12.3. The van der Waals surface area contributed by atoms with Crippen molar-refractivity contribution in [2.45, 2.75) is 19.8 Å². The monoisotopic (exact) mass is 459 g/mol. The fraction of sp³-hybridized carbons (Fsp3) is 0.143. The molecule has 0 aliphatic carbocycles. The maximum absolute atomic E-state index is 12.3. The lowest BCUT2D eigenvalue weighted by atomic mass is 10.2. The van der Waals surface area contributed by atoms with E-state index in [-0.39, 0.29) is 17.5 Å². The number of rotatable bonds is 6. The number of hydrogen-bond donors (Lipinski definition) is 2. The lowest BCUT2D eigenvalue weighted by Gasteiger charge is -2.08. The molecule has 0 unspecified atom stereocenters. The molecule has 0 bridgehead atoms. The van der Waals surface area contributed by atoms with Crippen LogP contribution >= 0.6 is 0 Å². The van der Waals surface area contributed by atoms with Crippen LogP contribution in [-0.4, -0.2) is 37.5 Å². The van der Waals surface area contributed by atoms with Gasteiger partial charge in [-0.25, -0.2) is 4.79 Å². The van der Waals surface area contributed by atoms with E-state index in [1.165, 1.54) is 12.1 Å². The van der Waals surface area contributed by atoms with Crippen LogP contribution in [0, 0.1) is 6.92 Å². The Morgan fingerprint density at radius 2 is 1.85 bits per heavy atom. The molecule has 0 aliphatic heterocycles. The first kappa shape index (κ1) is 21.9. The second-order valence-corrected chi connectivity index (χ2v) is 6.95. The second kappa shape index (κ2) is 8.65. The third kappa shape index (κ3) is 5.47. The Kier molecular flexibility index (Phi) is 5.73. The van der Waals surface area contributed by atoms with Gasteiger partial charge >= 0.3 is 12.5 Å². The average molecular weight is 459 g/mol. The number of nitrogens with one attached hydrogen (secondary N) is 1. The van der Waals surface area contributed by atoms with Crippen LogP contribution in [0.4, 0.5) is 23.7 Å². The van der Waals surface area contributed by atoms with Crippen molar-refractivity contribution in [1.82, 2.24) is 19.9 Å². The summed E-state index contributed by atoms with van der Waals surface area (Å²) in [6, 6.07) is 13.7. The van der Waals surface area contributed by atoms with Crippen LogP contribution in [0.2, 0.25) is 0 Å². The van der Waals surface area contributed by atoms with Crippen LogP contribution in [0.5, 0.6) is 5.75 Å². The second-order valence-electron chi connectivity index (χ2n) is 6.95. The Morgan fingerprint density at radius 3 is 2.48 bits per heavy atom. The van der Waals surface area contributed by atoms with Crippen LogP contribution in [0.1, 0.15) is 11.3 Å². The van der Waals surface area contributed by atoms with Gasteiger partial charge in [-0.1, -0.05) is 17.3 Å². The van der Waals surface area contributed by atoms with Gasteiger partial charge in [-0.2, -0.15) is 10.1 Å². The molecule has 0 saturated heterocycles. The first-order chi connectivity index (χ1) is 15.7. The molecule has 9 nitrogen and oxygen atoms in total. The highest BCUT2D eigenvalue weighted by Gasteiger charge is 2.31. The molecular weight excluding hydrogens is 443 g/mol. The predicted molar refractivity (Wildman–Crippen MR) is 110 cm³/mol. The molecule has 2 N–H and O–H groups in total. The predicted octanol–water partition coefficient (Wildman–Crippen LogP) is 4.95. The van der Waals surface area contributed by atoms with Crippen LogP contribution in [0.3, 0.4) is 0 Å². The van der Waals surface area contributed by atoms with Crippen LogP contribution in [0.15, 0.2) is 59.1 Å². The van der Waals surface area contributed by atoms with E-state index in [4.69, 9.17) is 9.63 Å². The van der Waals surface area contributed by atoms with Crippen molar-refractivity contribution >= 4 is 11.8 Å². The first-order valence-corrected chi connectivity index (χ1v) is 9.50. The number of halogens is 3. The summed E-state index contributed by atoms with van der Waals surface area (Å²) in [5.74, 6) is -0.00290. The first-order valence-electron chi connectivity index (χ1n) is 9.50. The van der Waals surface area contributed by atoms with Crippen molar-refractivity contribution in [1.29, 1.82) is 0 Å². The number of benzene rings is 2. The van der Waals surface area contributed by atoms with Gasteiger partial charge in [0.25, 0.3) is 5.89 Å². The molecule has 0 saturated carbocycles. The van der Waals surface area contributed by atoms with E-state index in [0.29, 0.717) is 23.5 Å². The molecule has 2 aromatic heterocycles. The third-order valence-corrected chi connectivity index (χ3v) is 4.51. The fourth-order valence-corrected chi connectivity index (χ4v) is 3.02. The molecule has 0 fully saturated rings. The number of alkyl halides is 3. The number of aryl methyl sites for hydroxylation is 1. The Labute approximate surface area is 184 Å². The van der Waals surface area contributed by atoms with Gasteiger partial charge in [0.1, 0.15) is 5.75 Å². The van der Waals surface area contributed by atoms with Crippen molar-refractivity contribution < 1.29 is 32.3 Å². The lowest BCUT2D eigenvalue weighted by Crippen LogP contribution is -2.16. The Morgan fingerprint density at radius 1 is 1.15 bits per heavy atom. The number of aromatic nitrogens is 4. The summed E-state index contributed by atoms with van der Waals surface area (Å²) in [4.78, 5) is 15.0. The number of carboxylic acid groups (broad SMARTS) is 1. The smallest absolute Gasteiger partial charge is 0.465 e. The molecule has 33 heavy (non-hydrogen) atoms. The quantitative estimate of drug-likeness (QED) is 0.419. The Bertz CT molecular complexity index is 1260. The minimum absolute atomic E-state index is 0.156. The van der Waals surface area contributed by atoms with Gasteiger partial charge in [0, 0.05) is 16.9 Å². The van der Waals surface area contributed by atoms with E-state index < -0.39 is 12.5 Å². The van der Waals surface area contributed by atoms with Crippen molar-refractivity contribution in [3.8, 4) is 28.7 Å².